The lowest BCUT2D eigenvalue weighted by Gasteiger charge is -2.07. The first kappa shape index (κ1) is 13.4. The van der Waals surface area contributed by atoms with Crippen LogP contribution in [0.5, 0.6) is 0 Å². The summed E-state index contributed by atoms with van der Waals surface area (Å²) in [6, 6.07) is 7.32. The van der Waals surface area contributed by atoms with Crippen molar-refractivity contribution < 1.29 is 9.53 Å². The zero-order chi connectivity index (χ0) is 13.8. The SMILES string of the molecule is COC(=O)c1ccccc1CSc1nnc(N)n1C. The monoisotopic (exact) mass is 278 g/mol. The molecular formula is C12H14N4O2S. The van der Waals surface area contributed by atoms with Gasteiger partial charge in [-0.2, -0.15) is 0 Å². The number of nitrogens with two attached hydrogens (primary N) is 1. The van der Waals surface area contributed by atoms with Crippen LogP contribution in [0.2, 0.25) is 0 Å². The second-order valence-corrected chi connectivity index (χ2v) is 4.78. The van der Waals surface area contributed by atoms with Gasteiger partial charge in [0.05, 0.1) is 12.7 Å². The van der Waals surface area contributed by atoms with E-state index in [9.17, 15) is 4.79 Å². The van der Waals surface area contributed by atoms with Crippen LogP contribution in [-0.2, 0) is 17.5 Å². The summed E-state index contributed by atoms with van der Waals surface area (Å²) in [5.74, 6) is 0.620. The molecule has 0 saturated heterocycles. The van der Waals surface area contributed by atoms with Crippen molar-refractivity contribution in [1.82, 2.24) is 14.8 Å². The number of methoxy groups -OCH3 is 1. The van der Waals surface area contributed by atoms with E-state index < -0.39 is 0 Å². The highest BCUT2D eigenvalue weighted by atomic mass is 32.2. The molecule has 0 spiro atoms. The smallest absolute Gasteiger partial charge is 0.338 e. The lowest BCUT2D eigenvalue weighted by molar-refractivity contribution is 0.0600. The number of rotatable bonds is 4. The summed E-state index contributed by atoms with van der Waals surface area (Å²) in [6.07, 6.45) is 0. The number of thioether (sulfide) groups is 1. The first-order chi connectivity index (χ1) is 9.13. The normalized spacial score (nSPS) is 10.4. The van der Waals surface area contributed by atoms with E-state index in [-0.39, 0.29) is 5.97 Å². The maximum Gasteiger partial charge on any atom is 0.338 e. The van der Waals surface area contributed by atoms with Gasteiger partial charge in [0, 0.05) is 12.8 Å². The molecule has 0 aliphatic rings. The van der Waals surface area contributed by atoms with Gasteiger partial charge in [0.15, 0.2) is 5.16 Å². The van der Waals surface area contributed by atoms with E-state index in [1.807, 2.05) is 12.1 Å². The molecular weight excluding hydrogens is 264 g/mol. The molecule has 0 fully saturated rings. The molecule has 1 aromatic heterocycles. The Morgan fingerprint density at radius 2 is 2.16 bits per heavy atom. The van der Waals surface area contributed by atoms with Crippen molar-refractivity contribution in [3.05, 3.63) is 35.4 Å². The molecule has 0 unspecified atom stereocenters. The van der Waals surface area contributed by atoms with Gasteiger partial charge in [-0.15, -0.1) is 10.2 Å². The number of hydrogen-bond donors (Lipinski definition) is 1. The summed E-state index contributed by atoms with van der Waals surface area (Å²) in [4.78, 5) is 11.6. The Morgan fingerprint density at radius 1 is 1.42 bits per heavy atom. The number of anilines is 1. The molecule has 2 aromatic rings. The molecule has 0 atom stereocenters. The van der Waals surface area contributed by atoms with Crippen molar-refractivity contribution in [2.75, 3.05) is 12.8 Å². The number of nitrogens with zero attached hydrogens (tertiary/aromatic N) is 3. The van der Waals surface area contributed by atoms with Gasteiger partial charge < -0.3 is 10.5 Å². The Morgan fingerprint density at radius 3 is 2.79 bits per heavy atom. The summed E-state index contributed by atoms with van der Waals surface area (Å²) in [6.45, 7) is 0. The topological polar surface area (TPSA) is 83.0 Å². The second kappa shape index (κ2) is 5.75. The van der Waals surface area contributed by atoms with Gasteiger partial charge in [0.1, 0.15) is 0 Å². The van der Waals surface area contributed by atoms with Gasteiger partial charge >= 0.3 is 5.97 Å². The zero-order valence-corrected chi connectivity index (χ0v) is 11.5. The van der Waals surface area contributed by atoms with Crippen LogP contribution in [0.4, 0.5) is 5.95 Å². The highest BCUT2D eigenvalue weighted by Crippen LogP contribution is 2.23. The average Bonchev–Trinajstić information content (AvgIpc) is 2.76. The fraction of sp³-hybridized carbons (Fsp3) is 0.250. The summed E-state index contributed by atoms with van der Waals surface area (Å²) in [5, 5.41) is 8.45. The highest BCUT2D eigenvalue weighted by Gasteiger charge is 2.13. The van der Waals surface area contributed by atoms with E-state index in [4.69, 9.17) is 10.5 Å². The molecule has 0 radical (unpaired) electrons. The number of carbonyl (C=O) groups excluding carboxylic acids is 1. The van der Waals surface area contributed by atoms with E-state index in [1.165, 1.54) is 18.9 Å². The van der Waals surface area contributed by atoms with Crippen LogP contribution in [-0.4, -0.2) is 27.8 Å². The third kappa shape index (κ3) is 2.87. The van der Waals surface area contributed by atoms with E-state index in [1.54, 1.807) is 23.7 Å². The van der Waals surface area contributed by atoms with Crippen LogP contribution in [0, 0.1) is 0 Å². The molecule has 0 aliphatic heterocycles. The molecule has 2 N–H and O–H groups in total. The van der Waals surface area contributed by atoms with Crippen LogP contribution in [0.15, 0.2) is 29.4 Å². The molecule has 19 heavy (non-hydrogen) atoms. The predicted octanol–water partition coefficient (Wildman–Crippen LogP) is 1.48. The summed E-state index contributed by atoms with van der Waals surface area (Å²) >= 11 is 1.46. The fourth-order valence-corrected chi connectivity index (χ4v) is 2.47. The molecule has 100 valence electrons. The molecule has 2 rings (SSSR count). The molecule has 1 heterocycles. The zero-order valence-electron chi connectivity index (χ0n) is 10.7. The van der Waals surface area contributed by atoms with Crippen LogP contribution >= 0.6 is 11.8 Å². The van der Waals surface area contributed by atoms with E-state index in [0.29, 0.717) is 22.4 Å². The number of benzene rings is 1. The third-order valence-electron chi connectivity index (χ3n) is 2.65. The van der Waals surface area contributed by atoms with Crippen molar-refractivity contribution in [3.8, 4) is 0 Å². The predicted molar refractivity (Wildman–Crippen MR) is 72.8 cm³/mol. The second-order valence-electron chi connectivity index (χ2n) is 3.84. The lowest BCUT2D eigenvalue weighted by atomic mass is 10.1. The van der Waals surface area contributed by atoms with Crippen LogP contribution in [0.25, 0.3) is 0 Å². The number of carbonyl (C=O) groups is 1. The quantitative estimate of drug-likeness (QED) is 0.673. The Kier molecular flexibility index (Phi) is 4.06. The maximum atomic E-state index is 11.6. The number of nitrogen functional groups attached to an aromatic ring is 1. The molecule has 0 amide bonds. The third-order valence-corrected chi connectivity index (χ3v) is 3.72. The number of hydrogen-bond acceptors (Lipinski definition) is 6. The van der Waals surface area contributed by atoms with Crippen LogP contribution in [0.3, 0.4) is 0 Å². The van der Waals surface area contributed by atoms with Gasteiger partial charge in [-0.05, 0) is 11.6 Å². The van der Waals surface area contributed by atoms with Gasteiger partial charge in [-0.3, -0.25) is 4.57 Å². The number of esters is 1. The first-order valence-corrected chi connectivity index (χ1v) is 6.56. The summed E-state index contributed by atoms with van der Waals surface area (Å²) in [7, 11) is 3.17. The minimum Gasteiger partial charge on any atom is -0.465 e. The molecule has 6 nitrogen and oxygen atoms in total. The number of aromatic nitrogens is 3. The molecule has 7 heteroatoms. The highest BCUT2D eigenvalue weighted by molar-refractivity contribution is 7.98. The van der Waals surface area contributed by atoms with Crippen molar-refractivity contribution in [2.45, 2.75) is 10.9 Å². The summed E-state index contributed by atoms with van der Waals surface area (Å²) in [5.41, 5.74) is 7.06. The molecule has 0 aliphatic carbocycles. The Bertz CT molecular complexity index is 597. The number of ether oxygens (including phenoxy) is 1. The maximum absolute atomic E-state index is 11.6. The minimum atomic E-state index is -0.339. The van der Waals surface area contributed by atoms with Crippen molar-refractivity contribution in [1.29, 1.82) is 0 Å². The van der Waals surface area contributed by atoms with Crippen LogP contribution < -0.4 is 5.73 Å². The molecule has 0 saturated carbocycles. The Labute approximate surface area is 115 Å². The molecule has 1 aromatic carbocycles. The van der Waals surface area contributed by atoms with E-state index in [0.717, 1.165) is 5.56 Å². The van der Waals surface area contributed by atoms with Crippen molar-refractivity contribution >= 4 is 23.7 Å². The Hall–Kier alpha value is -2.02. The lowest BCUT2D eigenvalue weighted by Crippen LogP contribution is -2.05. The van der Waals surface area contributed by atoms with Crippen LogP contribution in [0.1, 0.15) is 15.9 Å². The van der Waals surface area contributed by atoms with Gasteiger partial charge in [-0.1, -0.05) is 30.0 Å². The van der Waals surface area contributed by atoms with Crippen molar-refractivity contribution in [3.63, 3.8) is 0 Å². The average molecular weight is 278 g/mol. The fourth-order valence-electron chi connectivity index (χ4n) is 1.55. The largest absolute Gasteiger partial charge is 0.465 e. The van der Waals surface area contributed by atoms with E-state index >= 15 is 0 Å². The standard InChI is InChI=1S/C12H14N4O2S/c1-16-11(13)14-15-12(16)19-7-8-5-3-4-6-9(8)10(17)18-2/h3-6H,7H2,1-2H3,(H2,13,14). The van der Waals surface area contributed by atoms with Gasteiger partial charge in [-0.25, -0.2) is 4.79 Å². The van der Waals surface area contributed by atoms with E-state index in [2.05, 4.69) is 10.2 Å². The van der Waals surface area contributed by atoms with Gasteiger partial charge in [0.25, 0.3) is 0 Å². The first-order valence-electron chi connectivity index (χ1n) is 5.57. The summed E-state index contributed by atoms with van der Waals surface area (Å²) < 4.78 is 6.46. The van der Waals surface area contributed by atoms with Gasteiger partial charge in [0.2, 0.25) is 5.95 Å². The Balaban J connectivity index is 2.16. The molecule has 0 bridgehead atoms. The minimum absolute atomic E-state index is 0.339. The van der Waals surface area contributed by atoms with Crippen molar-refractivity contribution in [2.24, 2.45) is 7.05 Å².